The van der Waals surface area contributed by atoms with Crippen LogP contribution in [-0.4, -0.2) is 29.2 Å². The molecular formula is C14H25N3O. The van der Waals surface area contributed by atoms with Crippen LogP contribution in [0.3, 0.4) is 0 Å². The van der Waals surface area contributed by atoms with Crippen molar-refractivity contribution in [3.63, 3.8) is 0 Å². The first-order chi connectivity index (χ1) is 8.56. The summed E-state index contributed by atoms with van der Waals surface area (Å²) in [6.45, 7) is 8.20. The zero-order valence-electron chi connectivity index (χ0n) is 11.9. The van der Waals surface area contributed by atoms with E-state index in [1.807, 2.05) is 0 Å². The summed E-state index contributed by atoms with van der Waals surface area (Å²) in [6.07, 6.45) is 2.76. The van der Waals surface area contributed by atoms with E-state index in [-0.39, 0.29) is 0 Å². The molecule has 1 aliphatic rings. The number of hydrogen-bond acceptors (Lipinski definition) is 4. The van der Waals surface area contributed by atoms with Gasteiger partial charge in [-0.2, -0.15) is 0 Å². The van der Waals surface area contributed by atoms with E-state index >= 15 is 0 Å². The summed E-state index contributed by atoms with van der Waals surface area (Å²) >= 11 is 0. The van der Waals surface area contributed by atoms with E-state index in [1.165, 1.54) is 12.8 Å². The summed E-state index contributed by atoms with van der Waals surface area (Å²) in [6, 6.07) is 3.18. The molecule has 1 fully saturated rings. The van der Waals surface area contributed by atoms with E-state index in [1.54, 1.807) is 0 Å². The summed E-state index contributed by atoms with van der Waals surface area (Å²) in [4.78, 5) is 2.36. The quantitative estimate of drug-likeness (QED) is 0.808. The van der Waals surface area contributed by atoms with Crippen LogP contribution in [0.25, 0.3) is 0 Å². The van der Waals surface area contributed by atoms with Gasteiger partial charge in [-0.3, -0.25) is 4.90 Å². The first-order valence-electron chi connectivity index (χ1n) is 6.94. The molecule has 4 nitrogen and oxygen atoms in total. The van der Waals surface area contributed by atoms with Crippen LogP contribution < -0.4 is 5.32 Å². The molecule has 0 spiro atoms. The molecule has 1 atom stereocenters. The van der Waals surface area contributed by atoms with Crippen molar-refractivity contribution in [1.29, 1.82) is 0 Å². The third-order valence-corrected chi connectivity index (χ3v) is 3.70. The maximum Gasteiger partial charge on any atom is 0.151 e. The van der Waals surface area contributed by atoms with Gasteiger partial charge in [-0.25, -0.2) is 0 Å². The summed E-state index contributed by atoms with van der Waals surface area (Å²) in [5, 5.41) is 7.44. The molecule has 1 N–H and O–H groups in total. The lowest BCUT2D eigenvalue weighted by Gasteiger charge is -2.22. The van der Waals surface area contributed by atoms with Gasteiger partial charge in [-0.15, -0.1) is 0 Å². The third kappa shape index (κ3) is 3.82. The fraction of sp³-hybridized carbons (Fsp3) is 0.786. The van der Waals surface area contributed by atoms with Gasteiger partial charge in [0.1, 0.15) is 0 Å². The summed E-state index contributed by atoms with van der Waals surface area (Å²) < 4.78 is 5.39. The van der Waals surface area contributed by atoms with Crippen molar-refractivity contribution in [3.8, 4) is 0 Å². The molecule has 2 rings (SSSR count). The van der Waals surface area contributed by atoms with Crippen molar-refractivity contribution in [1.82, 2.24) is 15.4 Å². The number of nitrogens with zero attached hydrogens (tertiary/aromatic N) is 2. The Balaban J connectivity index is 1.81. The van der Waals surface area contributed by atoms with Crippen LogP contribution in [0, 0.1) is 5.92 Å². The average molecular weight is 251 g/mol. The standard InChI is InChI=1S/C14H25N3O/c1-10(2)15-8-13-7-14(18-16-13)9-17(4)11(3)12-5-6-12/h7,10-12,15H,5-6,8-9H2,1-4H3. The van der Waals surface area contributed by atoms with Gasteiger partial charge in [-0.1, -0.05) is 19.0 Å². The highest BCUT2D eigenvalue weighted by atomic mass is 16.5. The predicted molar refractivity (Wildman–Crippen MR) is 72.1 cm³/mol. The molecule has 18 heavy (non-hydrogen) atoms. The molecule has 0 amide bonds. The molecule has 0 radical (unpaired) electrons. The van der Waals surface area contributed by atoms with Crippen LogP contribution in [0.15, 0.2) is 10.6 Å². The van der Waals surface area contributed by atoms with Crippen LogP contribution >= 0.6 is 0 Å². The van der Waals surface area contributed by atoms with Gasteiger partial charge in [0, 0.05) is 24.7 Å². The highest BCUT2D eigenvalue weighted by Crippen LogP contribution is 2.35. The van der Waals surface area contributed by atoms with Crippen molar-refractivity contribution < 1.29 is 4.52 Å². The molecule has 1 aliphatic carbocycles. The molecule has 0 bridgehead atoms. The molecule has 0 aliphatic heterocycles. The first-order valence-corrected chi connectivity index (χ1v) is 6.94. The van der Waals surface area contributed by atoms with E-state index in [9.17, 15) is 0 Å². The summed E-state index contributed by atoms with van der Waals surface area (Å²) in [7, 11) is 2.16. The van der Waals surface area contributed by atoms with Crippen molar-refractivity contribution in [2.75, 3.05) is 7.05 Å². The molecule has 1 saturated carbocycles. The number of hydrogen-bond donors (Lipinski definition) is 1. The van der Waals surface area contributed by atoms with Gasteiger partial charge in [-0.05, 0) is 32.7 Å². The molecule has 0 aromatic carbocycles. The zero-order chi connectivity index (χ0) is 13.1. The maximum atomic E-state index is 5.39. The number of rotatable bonds is 7. The van der Waals surface area contributed by atoms with E-state index < -0.39 is 0 Å². The Morgan fingerprint density at radius 3 is 2.78 bits per heavy atom. The Morgan fingerprint density at radius 2 is 2.17 bits per heavy atom. The Bertz CT molecular complexity index is 371. The molecule has 102 valence electrons. The van der Waals surface area contributed by atoms with Crippen molar-refractivity contribution >= 4 is 0 Å². The maximum absolute atomic E-state index is 5.39. The molecular weight excluding hydrogens is 226 g/mol. The molecule has 1 heterocycles. The molecule has 1 unspecified atom stereocenters. The normalized spacial score (nSPS) is 17.7. The Morgan fingerprint density at radius 1 is 1.44 bits per heavy atom. The smallest absolute Gasteiger partial charge is 0.151 e. The van der Waals surface area contributed by atoms with E-state index in [2.05, 4.69) is 49.3 Å². The fourth-order valence-corrected chi connectivity index (χ4v) is 2.15. The van der Waals surface area contributed by atoms with Gasteiger partial charge >= 0.3 is 0 Å². The Hall–Kier alpha value is -0.870. The van der Waals surface area contributed by atoms with Crippen LogP contribution in [0.5, 0.6) is 0 Å². The second kappa shape index (κ2) is 5.85. The minimum atomic E-state index is 0.475. The van der Waals surface area contributed by atoms with Crippen LogP contribution in [0.1, 0.15) is 45.1 Å². The van der Waals surface area contributed by atoms with E-state index in [0.29, 0.717) is 12.1 Å². The third-order valence-electron chi connectivity index (χ3n) is 3.70. The molecule has 1 aromatic heterocycles. The first kappa shape index (κ1) is 13.6. The van der Waals surface area contributed by atoms with Gasteiger partial charge < -0.3 is 9.84 Å². The van der Waals surface area contributed by atoms with Crippen molar-refractivity contribution in [3.05, 3.63) is 17.5 Å². The lowest BCUT2D eigenvalue weighted by molar-refractivity contribution is 0.201. The summed E-state index contributed by atoms with van der Waals surface area (Å²) in [5.41, 5.74) is 0.992. The Labute approximate surface area is 110 Å². The molecule has 4 heteroatoms. The number of aromatic nitrogens is 1. The zero-order valence-corrected chi connectivity index (χ0v) is 11.9. The lowest BCUT2D eigenvalue weighted by atomic mass is 10.2. The van der Waals surface area contributed by atoms with E-state index in [4.69, 9.17) is 4.52 Å². The van der Waals surface area contributed by atoms with E-state index in [0.717, 1.165) is 30.5 Å². The van der Waals surface area contributed by atoms with Crippen molar-refractivity contribution in [2.45, 2.75) is 58.8 Å². The topological polar surface area (TPSA) is 41.3 Å². The second-order valence-corrected chi connectivity index (χ2v) is 5.81. The van der Waals surface area contributed by atoms with Crippen LogP contribution in [0.4, 0.5) is 0 Å². The lowest BCUT2D eigenvalue weighted by Crippen LogP contribution is -2.30. The fourth-order valence-electron chi connectivity index (χ4n) is 2.15. The minimum Gasteiger partial charge on any atom is -0.360 e. The Kier molecular flexibility index (Phi) is 4.40. The molecule has 1 aromatic rings. The van der Waals surface area contributed by atoms with Gasteiger partial charge in [0.25, 0.3) is 0 Å². The highest BCUT2D eigenvalue weighted by molar-refractivity contribution is 5.05. The second-order valence-electron chi connectivity index (χ2n) is 5.81. The highest BCUT2D eigenvalue weighted by Gasteiger charge is 2.30. The van der Waals surface area contributed by atoms with Crippen molar-refractivity contribution in [2.24, 2.45) is 5.92 Å². The van der Waals surface area contributed by atoms with Crippen LogP contribution in [0.2, 0.25) is 0 Å². The van der Waals surface area contributed by atoms with Gasteiger partial charge in [0.05, 0.1) is 12.2 Å². The SMILES string of the molecule is CC(C)NCc1cc(CN(C)C(C)C2CC2)on1. The monoisotopic (exact) mass is 251 g/mol. The average Bonchev–Trinajstić information content (AvgIpc) is 3.07. The number of nitrogens with one attached hydrogen (secondary N) is 1. The molecule has 0 saturated heterocycles. The summed E-state index contributed by atoms with van der Waals surface area (Å²) in [5.74, 6) is 1.85. The largest absolute Gasteiger partial charge is 0.360 e. The predicted octanol–water partition coefficient (Wildman–Crippen LogP) is 2.40. The van der Waals surface area contributed by atoms with Gasteiger partial charge in [0.15, 0.2) is 5.76 Å². The minimum absolute atomic E-state index is 0.475. The van der Waals surface area contributed by atoms with Crippen LogP contribution in [-0.2, 0) is 13.1 Å². The van der Waals surface area contributed by atoms with Gasteiger partial charge in [0.2, 0.25) is 0 Å².